The molecule has 0 bridgehead atoms. The van der Waals surface area contributed by atoms with Gasteiger partial charge in [0.2, 0.25) is 17.7 Å². The maximum absolute atomic E-state index is 13.5. The minimum atomic E-state index is -0.835. The van der Waals surface area contributed by atoms with Crippen LogP contribution in [0.4, 0.5) is 0 Å². The third-order valence-corrected chi connectivity index (χ3v) is 6.45. The number of imide groups is 1. The van der Waals surface area contributed by atoms with Gasteiger partial charge in [-0.25, -0.2) is 0 Å². The number of pyridine rings is 1. The van der Waals surface area contributed by atoms with Gasteiger partial charge in [0.1, 0.15) is 6.04 Å². The van der Waals surface area contributed by atoms with Crippen molar-refractivity contribution in [3.05, 3.63) is 63.9 Å². The first kappa shape index (κ1) is 22.0. The van der Waals surface area contributed by atoms with E-state index in [-0.39, 0.29) is 42.1 Å². The van der Waals surface area contributed by atoms with Crippen LogP contribution in [0.3, 0.4) is 0 Å². The highest BCUT2D eigenvalue weighted by atomic mass is 35.5. The molecule has 166 valence electrons. The van der Waals surface area contributed by atoms with E-state index in [4.69, 9.17) is 17.3 Å². The Labute approximate surface area is 190 Å². The number of halogens is 1. The van der Waals surface area contributed by atoms with Crippen molar-refractivity contribution in [1.29, 1.82) is 0 Å². The van der Waals surface area contributed by atoms with Gasteiger partial charge in [-0.05, 0) is 48.2 Å². The highest BCUT2D eigenvalue weighted by molar-refractivity contribution is 6.31. The van der Waals surface area contributed by atoms with Gasteiger partial charge in [0.15, 0.2) is 0 Å². The molecule has 0 radical (unpaired) electrons. The van der Waals surface area contributed by atoms with Crippen LogP contribution in [0.5, 0.6) is 0 Å². The molecule has 3 atom stereocenters. The van der Waals surface area contributed by atoms with Gasteiger partial charge in [-0.3, -0.25) is 29.5 Å². The van der Waals surface area contributed by atoms with E-state index in [2.05, 4.69) is 10.3 Å². The number of fused-ring (bicyclic) bond motifs is 1. The fourth-order valence-corrected chi connectivity index (χ4v) is 4.94. The van der Waals surface area contributed by atoms with Gasteiger partial charge in [0, 0.05) is 29.7 Å². The van der Waals surface area contributed by atoms with E-state index in [1.807, 2.05) is 13.8 Å². The molecule has 0 spiro atoms. The largest absolute Gasteiger partial charge is 0.366 e. The second-order valence-corrected chi connectivity index (χ2v) is 8.84. The van der Waals surface area contributed by atoms with Gasteiger partial charge in [0.05, 0.1) is 16.8 Å². The first-order chi connectivity index (χ1) is 15.2. The van der Waals surface area contributed by atoms with E-state index in [9.17, 15) is 19.2 Å². The number of piperidine rings is 1. The Bertz CT molecular complexity index is 1130. The van der Waals surface area contributed by atoms with Crippen molar-refractivity contribution in [3.63, 3.8) is 0 Å². The molecule has 8 nitrogen and oxygen atoms in total. The maximum atomic E-state index is 13.5. The lowest BCUT2D eigenvalue weighted by Crippen LogP contribution is -2.54. The van der Waals surface area contributed by atoms with Crippen molar-refractivity contribution in [2.24, 2.45) is 11.7 Å². The predicted molar refractivity (Wildman–Crippen MR) is 117 cm³/mol. The molecule has 3 heterocycles. The molecular formula is C23H23ClN4O4. The summed E-state index contributed by atoms with van der Waals surface area (Å²) in [4.78, 5) is 55.9. The van der Waals surface area contributed by atoms with Crippen molar-refractivity contribution >= 4 is 35.2 Å². The number of carbonyl (C=O) groups excluding carboxylic acids is 4. The van der Waals surface area contributed by atoms with Crippen molar-refractivity contribution in [2.45, 2.75) is 44.7 Å². The van der Waals surface area contributed by atoms with E-state index < -0.39 is 23.9 Å². The molecule has 1 aromatic heterocycles. The van der Waals surface area contributed by atoms with Crippen LogP contribution in [-0.2, 0) is 9.59 Å². The second-order valence-electron chi connectivity index (χ2n) is 8.43. The van der Waals surface area contributed by atoms with E-state index >= 15 is 0 Å². The van der Waals surface area contributed by atoms with Gasteiger partial charge in [0.25, 0.3) is 5.91 Å². The van der Waals surface area contributed by atoms with Gasteiger partial charge in [-0.15, -0.1) is 0 Å². The molecule has 0 aliphatic carbocycles. The summed E-state index contributed by atoms with van der Waals surface area (Å²) in [5, 5.41) is 2.78. The molecule has 3 N–H and O–H groups in total. The number of nitrogens with one attached hydrogen (secondary N) is 1. The Morgan fingerprint density at radius 3 is 2.62 bits per heavy atom. The quantitative estimate of drug-likeness (QED) is 0.672. The van der Waals surface area contributed by atoms with Crippen LogP contribution in [-0.4, -0.2) is 39.6 Å². The van der Waals surface area contributed by atoms with Crippen molar-refractivity contribution in [2.75, 3.05) is 0 Å². The molecule has 32 heavy (non-hydrogen) atoms. The fourth-order valence-electron chi connectivity index (χ4n) is 4.69. The molecule has 9 heteroatoms. The Hall–Kier alpha value is -3.26. The third kappa shape index (κ3) is 3.64. The number of primary amides is 1. The number of amides is 4. The van der Waals surface area contributed by atoms with E-state index in [0.29, 0.717) is 21.8 Å². The molecule has 2 aliphatic rings. The first-order valence-corrected chi connectivity index (χ1v) is 10.8. The SMILES string of the molecule is CC(C)[C@@H](c1ncccc1Cl)C1c2cc(C(N)=O)ccc2C(=O)N1C1CCC(=O)NC1=O. The van der Waals surface area contributed by atoms with Crippen molar-refractivity contribution in [1.82, 2.24) is 15.2 Å². The minimum Gasteiger partial charge on any atom is -0.366 e. The summed E-state index contributed by atoms with van der Waals surface area (Å²) < 4.78 is 0. The molecular weight excluding hydrogens is 432 g/mol. The summed E-state index contributed by atoms with van der Waals surface area (Å²) >= 11 is 6.50. The summed E-state index contributed by atoms with van der Waals surface area (Å²) in [7, 11) is 0. The number of aromatic nitrogens is 1. The molecule has 0 saturated carbocycles. The number of rotatable bonds is 5. The Morgan fingerprint density at radius 2 is 2.00 bits per heavy atom. The number of carbonyl (C=O) groups is 4. The third-order valence-electron chi connectivity index (χ3n) is 6.13. The number of nitrogens with zero attached hydrogens (tertiary/aromatic N) is 2. The number of hydrogen-bond acceptors (Lipinski definition) is 5. The van der Waals surface area contributed by atoms with Crippen LogP contribution in [0, 0.1) is 5.92 Å². The lowest BCUT2D eigenvalue weighted by Gasteiger charge is -2.39. The van der Waals surface area contributed by atoms with E-state index in [0.717, 1.165) is 0 Å². The van der Waals surface area contributed by atoms with Gasteiger partial charge < -0.3 is 10.6 Å². The molecule has 1 fully saturated rings. The average Bonchev–Trinajstić information content (AvgIpc) is 3.01. The van der Waals surface area contributed by atoms with Crippen molar-refractivity contribution in [3.8, 4) is 0 Å². The summed E-state index contributed by atoms with van der Waals surface area (Å²) in [6, 6.07) is 6.67. The molecule has 4 rings (SSSR count). The van der Waals surface area contributed by atoms with E-state index in [1.165, 1.54) is 11.0 Å². The predicted octanol–water partition coefficient (Wildman–Crippen LogP) is 2.58. The van der Waals surface area contributed by atoms with Crippen LogP contribution >= 0.6 is 11.6 Å². The molecule has 2 aliphatic heterocycles. The Morgan fingerprint density at radius 1 is 1.25 bits per heavy atom. The zero-order valence-electron chi connectivity index (χ0n) is 17.7. The molecule has 4 amide bonds. The van der Waals surface area contributed by atoms with Crippen LogP contribution in [0.15, 0.2) is 36.5 Å². The normalized spacial score (nSPS) is 21.5. The number of nitrogens with two attached hydrogens (primary N) is 1. The summed E-state index contributed by atoms with van der Waals surface area (Å²) in [5.41, 5.74) is 7.35. The van der Waals surface area contributed by atoms with Crippen molar-refractivity contribution < 1.29 is 19.2 Å². The zero-order chi connectivity index (χ0) is 23.2. The lowest BCUT2D eigenvalue weighted by atomic mass is 9.80. The monoisotopic (exact) mass is 454 g/mol. The molecule has 1 aromatic carbocycles. The Kier molecular flexibility index (Phi) is 5.73. The topological polar surface area (TPSA) is 122 Å². The smallest absolute Gasteiger partial charge is 0.255 e. The minimum absolute atomic E-state index is 0.0285. The lowest BCUT2D eigenvalue weighted by molar-refractivity contribution is -0.137. The molecule has 2 aromatic rings. The summed E-state index contributed by atoms with van der Waals surface area (Å²) in [6.45, 7) is 3.97. The van der Waals surface area contributed by atoms with Crippen LogP contribution in [0.25, 0.3) is 0 Å². The molecule has 2 unspecified atom stereocenters. The van der Waals surface area contributed by atoms with E-state index in [1.54, 1.807) is 30.5 Å². The first-order valence-electron chi connectivity index (χ1n) is 10.4. The van der Waals surface area contributed by atoms with Crippen LogP contribution in [0.2, 0.25) is 5.02 Å². The molecule has 1 saturated heterocycles. The Balaban J connectivity index is 1.92. The average molecular weight is 455 g/mol. The fraction of sp³-hybridized carbons (Fsp3) is 0.348. The van der Waals surface area contributed by atoms with Gasteiger partial charge >= 0.3 is 0 Å². The van der Waals surface area contributed by atoms with Crippen LogP contribution in [0.1, 0.15) is 70.6 Å². The van der Waals surface area contributed by atoms with Gasteiger partial charge in [-0.1, -0.05) is 25.4 Å². The highest BCUT2D eigenvalue weighted by Crippen LogP contribution is 2.49. The number of hydrogen-bond donors (Lipinski definition) is 2. The van der Waals surface area contributed by atoms with Crippen LogP contribution < -0.4 is 11.1 Å². The summed E-state index contributed by atoms with van der Waals surface area (Å²) in [5.74, 6) is -2.24. The highest BCUT2D eigenvalue weighted by Gasteiger charge is 2.49. The second kappa shape index (κ2) is 8.35. The zero-order valence-corrected chi connectivity index (χ0v) is 18.4. The maximum Gasteiger partial charge on any atom is 0.255 e. The van der Waals surface area contributed by atoms with Gasteiger partial charge in [-0.2, -0.15) is 0 Å². The number of benzene rings is 1. The summed E-state index contributed by atoms with van der Waals surface area (Å²) in [6.07, 6.45) is 1.97. The standard InChI is InChI=1S/C23H23ClN4O4/c1-11(2)18(19-15(24)4-3-9-26-19)20-14-10-12(21(25)30)5-6-13(14)23(32)28(20)16-7-8-17(29)27-22(16)31/h3-6,9-11,16,18,20H,7-8H2,1-2H3,(H2,25,30)(H,27,29,31)/t16?,18-,20?/m0/s1.